The summed E-state index contributed by atoms with van der Waals surface area (Å²) >= 11 is 0. The van der Waals surface area contributed by atoms with Crippen LogP contribution >= 0.6 is 0 Å². The van der Waals surface area contributed by atoms with Crippen LogP contribution in [0.4, 0.5) is 0 Å². The standard InChI is InChI=1S/C27H31N3O3/c1-3-18(2)26-28-25(24(31)21-9-5-4-6-10-21)29-30(26)17-19-13-15-20(16-14-19)22-11-7-8-12-23(22)27(32)33/h7-8,11-16,18,21H,3-6,9-10,17H2,1-2H3,(H,32,33). The molecule has 1 heterocycles. The van der Waals surface area contributed by atoms with Gasteiger partial charge in [0.15, 0.2) is 0 Å². The second-order valence-electron chi connectivity index (χ2n) is 9.01. The summed E-state index contributed by atoms with van der Waals surface area (Å²) in [5.41, 5.74) is 2.85. The van der Waals surface area contributed by atoms with E-state index in [9.17, 15) is 14.7 Å². The molecule has 0 amide bonds. The topological polar surface area (TPSA) is 85.1 Å². The third-order valence-electron chi connectivity index (χ3n) is 6.70. The van der Waals surface area contributed by atoms with Crippen LogP contribution in [0.25, 0.3) is 11.1 Å². The van der Waals surface area contributed by atoms with E-state index in [1.165, 1.54) is 6.42 Å². The Kier molecular flexibility index (Phi) is 7.02. The van der Waals surface area contributed by atoms with E-state index in [4.69, 9.17) is 0 Å². The Morgan fingerprint density at radius 3 is 2.42 bits per heavy atom. The monoisotopic (exact) mass is 445 g/mol. The molecule has 6 heteroatoms. The summed E-state index contributed by atoms with van der Waals surface area (Å²) in [6.07, 6.45) is 6.20. The first kappa shape index (κ1) is 22.9. The normalized spacial score (nSPS) is 15.3. The number of aromatic carboxylic acids is 1. The van der Waals surface area contributed by atoms with Crippen LogP contribution in [0.3, 0.4) is 0 Å². The molecule has 1 saturated carbocycles. The molecule has 0 saturated heterocycles. The van der Waals surface area contributed by atoms with Crippen molar-refractivity contribution in [3.63, 3.8) is 0 Å². The van der Waals surface area contributed by atoms with Gasteiger partial charge in [-0.1, -0.05) is 75.6 Å². The second-order valence-corrected chi connectivity index (χ2v) is 9.01. The number of carboxylic acids is 1. The highest BCUT2D eigenvalue weighted by Crippen LogP contribution is 2.28. The van der Waals surface area contributed by atoms with Gasteiger partial charge < -0.3 is 5.11 Å². The van der Waals surface area contributed by atoms with Crippen LogP contribution in [0.5, 0.6) is 0 Å². The third-order valence-corrected chi connectivity index (χ3v) is 6.70. The van der Waals surface area contributed by atoms with Gasteiger partial charge in [-0.25, -0.2) is 14.5 Å². The fourth-order valence-electron chi connectivity index (χ4n) is 4.55. The molecule has 1 aliphatic carbocycles. The van der Waals surface area contributed by atoms with Gasteiger partial charge in [0, 0.05) is 11.8 Å². The minimum absolute atomic E-state index is 0.0490. The first-order chi connectivity index (χ1) is 16.0. The van der Waals surface area contributed by atoms with Gasteiger partial charge >= 0.3 is 5.97 Å². The van der Waals surface area contributed by atoms with Gasteiger partial charge in [0.1, 0.15) is 5.82 Å². The van der Waals surface area contributed by atoms with Crippen molar-refractivity contribution in [1.82, 2.24) is 14.8 Å². The summed E-state index contributed by atoms with van der Waals surface area (Å²) in [5.74, 6) is 0.588. The molecule has 0 spiro atoms. The Morgan fingerprint density at radius 1 is 1.06 bits per heavy atom. The minimum atomic E-state index is -0.939. The van der Waals surface area contributed by atoms with E-state index in [1.807, 2.05) is 41.1 Å². The van der Waals surface area contributed by atoms with Crippen molar-refractivity contribution in [2.45, 2.75) is 64.8 Å². The molecule has 0 radical (unpaired) electrons. The Balaban J connectivity index is 1.58. The van der Waals surface area contributed by atoms with Crippen molar-refractivity contribution < 1.29 is 14.7 Å². The highest BCUT2D eigenvalue weighted by Gasteiger charge is 2.27. The number of Topliss-reactive ketones (excluding diaryl/α,β-unsaturated/α-hetero) is 1. The number of nitrogens with zero attached hydrogens (tertiary/aromatic N) is 3. The molecular formula is C27H31N3O3. The van der Waals surface area contributed by atoms with Crippen LogP contribution < -0.4 is 0 Å². The number of hydrogen-bond donors (Lipinski definition) is 1. The molecule has 6 nitrogen and oxygen atoms in total. The third kappa shape index (κ3) is 5.05. The van der Waals surface area contributed by atoms with Crippen LogP contribution in [0.2, 0.25) is 0 Å². The summed E-state index contributed by atoms with van der Waals surface area (Å²) in [6, 6.07) is 14.8. The van der Waals surface area contributed by atoms with Crippen LogP contribution in [0.15, 0.2) is 48.5 Å². The maximum absolute atomic E-state index is 13.0. The quantitative estimate of drug-likeness (QED) is 0.432. The van der Waals surface area contributed by atoms with Crippen molar-refractivity contribution in [2.24, 2.45) is 5.92 Å². The predicted molar refractivity (Wildman–Crippen MR) is 128 cm³/mol. The molecule has 0 aliphatic heterocycles. The molecule has 3 aromatic rings. The lowest BCUT2D eigenvalue weighted by Crippen LogP contribution is -2.19. The van der Waals surface area contributed by atoms with Gasteiger partial charge in [-0.05, 0) is 42.0 Å². The van der Waals surface area contributed by atoms with E-state index in [0.717, 1.165) is 49.1 Å². The van der Waals surface area contributed by atoms with Crippen LogP contribution in [-0.4, -0.2) is 31.6 Å². The van der Waals surface area contributed by atoms with E-state index in [2.05, 4.69) is 23.9 Å². The van der Waals surface area contributed by atoms with E-state index in [0.29, 0.717) is 17.9 Å². The van der Waals surface area contributed by atoms with Crippen molar-refractivity contribution in [2.75, 3.05) is 0 Å². The summed E-state index contributed by atoms with van der Waals surface area (Å²) < 4.78 is 1.87. The number of aromatic nitrogens is 3. The fourth-order valence-corrected chi connectivity index (χ4v) is 4.55. The highest BCUT2D eigenvalue weighted by atomic mass is 16.4. The zero-order chi connectivity index (χ0) is 23.4. The van der Waals surface area contributed by atoms with E-state index in [-0.39, 0.29) is 23.2 Å². The summed E-state index contributed by atoms with van der Waals surface area (Å²) in [7, 11) is 0. The van der Waals surface area contributed by atoms with Gasteiger partial charge in [0.05, 0.1) is 12.1 Å². The van der Waals surface area contributed by atoms with Gasteiger partial charge in [-0.3, -0.25) is 4.79 Å². The first-order valence-electron chi connectivity index (χ1n) is 11.9. The molecule has 0 bridgehead atoms. The number of hydrogen-bond acceptors (Lipinski definition) is 4. The summed E-state index contributed by atoms with van der Waals surface area (Å²) in [5, 5.41) is 14.1. The molecule has 172 valence electrons. The molecule has 1 aliphatic rings. The molecule has 1 unspecified atom stereocenters. The molecule has 1 N–H and O–H groups in total. The Morgan fingerprint density at radius 2 is 1.76 bits per heavy atom. The number of benzene rings is 2. The van der Waals surface area contributed by atoms with Crippen molar-refractivity contribution in [1.29, 1.82) is 0 Å². The second kappa shape index (κ2) is 10.1. The summed E-state index contributed by atoms with van der Waals surface area (Å²) in [6.45, 7) is 4.74. The highest BCUT2D eigenvalue weighted by molar-refractivity contribution is 5.96. The number of carbonyl (C=O) groups is 2. The van der Waals surface area contributed by atoms with Gasteiger partial charge in [0.25, 0.3) is 0 Å². The van der Waals surface area contributed by atoms with Crippen molar-refractivity contribution in [3.05, 3.63) is 71.3 Å². The Hall–Kier alpha value is -3.28. The lowest BCUT2D eigenvalue weighted by molar-refractivity contribution is 0.0697. The fraction of sp³-hybridized carbons (Fsp3) is 0.407. The zero-order valence-electron chi connectivity index (χ0n) is 19.3. The van der Waals surface area contributed by atoms with Gasteiger partial charge in [-0.15, -0.1) is 5.10 Å². The lowest BCUT2D eigenvalue weighted by Gasteiger charge is -2.18. The lowest BCUT2D eigenvalue weighted by atomic mass is 9.86. The zero-order valence-corrected chi connectivity index (χ0v) is 19.3. The first-order valence-corrected chi connectivity index (χ1v) is 11.9. The number of ketones is 1. The maximum atomic E-state index is 13.0. The maximum Gasteiger partial charge on any atom is 0.336 e. The van der Waals surface area contributed by atoms with Crippen LogP contribution in [-0.2, 0) is 6.54 Å². The Bertz CT molecular complexity index is 1130. The summed E-state index contributed by atoms with van der Waals surface area (Å²) in [4.78, 5) is 29.3. The average molecular weight is 446 g/mol. The molecule has 2 aromatic carbocycles. The minimum Gasteiger partial charge on any atom is -0.478 e. The van der Waals surface area contributed by atoms with E-state index in [1.54, 1.807) is 12.1 Å². The number of rotatable bonds is 8. The van der Waals surface area contributed by atoms with Gasteiger partial charge in [0.2, 0.25) is 11.6 Å². The number of carboxylic acid groups (broad SMARTS) is 1. The molecule has 4 rings (SSSR count). The van der Waals surface area contributed by atoms with Gasteiger partial charge in [-0.2, -0.15) is 0 Å². The SMILES string of the molecule is CCC(C)c1nc(C(=O)C2CCCCC2)nn1Cc1ccc(-c2ccccc2C(=O)O)cc1. The molecule has 1 aromatic heterocycles. The molecular weight excluding hydrogens is 414 g/mol. The molecule has 33 heavy (non-hydrogen) atoms. The number of carbonyl (C=O) groups excluding carboxylic acids is 1. The molecule has 1 atom stereocenters. The largest absolute Gasteiger partial charge is 0.478 e. The van der Waals surface area contributed by atoms with E-state index >= 15 is 0 Å². The Labute approximate surface area is 194 Å². The van der Waals surface area contributed by atoms with Crippen molar-refractivity contribution in [3.8, 4) is 11.1 Å². The smallest absolute Gasteiger partial charge is 0.336 e. The van der Waals surface area contributed by atoms with E-state index < -0.39 is 5.97 Å². The van der Waals surface area contributed by atoms with Crippen molar-refractivity contribution >= 4 is 11.8 Å². The van der Waals surface area contributed by atoms with Crippen LogP contribution in [0.1, 0.15) is 90.7 Å². The average Bonchev–Trinajstić information content (AvgIpc) is 3.27. The van der Waals surface area contributed by atoms with Crippen LogP contribution in [0, 0.1) is 5.92 Å². The molecule has 1 fully saturated rings. The predicted octanol–water partition coefficient (Wildman–Crippen LogP) is 5.97.